The first-order chi connectivity index (χ1) is 16.9. The molecule has 2 aliphatic carbocycles. The van der Waals surface area contributed by atoms with E-state index in [9.17, 15) is 0 Å². The molecule has 4 aromatic rings. The quantitative estimate of drug-likeness (QED) is 0.211. The van der Waals surface area contributed by atoms with Crippen LogP contribution < -0.4 is 0 Å². The molecule has 5 heteroatoms. The van der Waals surface area contributed by atoms with E-state index < -0.39 is 20.8 Å². The molecule has 2 aromatic heterocycles. The van der Waals surface area contributed by atoms with Crippen LogP contribution in [0.3, 0.4) is 0 Å². The third-order valence-electron chi connectivity index (χ3n) is 6.30. The van der Waals surface area contributed by atoms with E-state index in [0.29, 0.717) is 0 Å². The zero-order chi connectivity index (χ0) is 24.9. The Morgan fingerprint density at radius 2 is 1.03 bits per heavy atom. The normalized spacial score (nSPS) is 16.5. The Morgan fingerprint density at radius 3 is 1.37 bits per heavy atom. The van der Waals surface area contributed by atoms with E-state index in [1.807, 2.05) is 0 Å². The molecule has 2 nitrogen and oxygen atoms in total. The summed E-state index contributed by atoms with van der Waals surface area (Å²) in [5.41, 5.74) is 10.5. The van der Waals surface area contributed by atoms with Gasteiger partial charge in [-0.05, 0) is 63.0 Å². The summed E-state index contributed by atoms with van der Waals surface area (Å²) < 4.78 is 4.58. The van der Waals surface area contributed by atoms with Gasteiger partial charge in [0.15, 0.2) is 0 Å². The second kappa shape index (κ2) is 11.8. The fourth-order valence-corrected chi connectivity index (χ4v) is 4.84. The number of aromatic nitrogens is 2. The van der Waals surface area contributed by atoms with E-state index in [1.165, 1.54) is 44.8 Å². The molecule has 176 valence electrons. The SMILES string of the molecule is Cc1cc(C)n(C2[C-]=Cc3ccccc32)c1.Cc1cc(C)n(C2[C-]=Cc3ccccc32)c1.[Cl][Zr+2][Cl]. The van der Waals surface area contributed by atoms with Crippen molar-refractivity contribution >= 4 is 29.2 Å². The molecule has 2 aromatic carbocycles. The van der Waals surface area contributed by atoms with Crippen LogP contribution in [0.2, 0.25) is 0 Å². The topological polar surface area (TPSA) is 9.86 Å². The molecule has 0 saturated heterocycles. The molecular formula is C30H28Cl2N2Zr. The fraction of sp³-hybridized carbons (Fsp3) is 0.200. The summed E-state index contributed by atoms with van der Waals surface area (Å²) in [5.74, 6) is 0. The summed E-state index contributed by atoms with van der Waals surface area (Å²) in [6.45, 7) is 8.56. The Labute approximate surface area is 227 Å². The van der Waals surface area contributed by atoms with Gasteiger partial charge in [0.25, 0.3) is 0 Å². The van der Waals surface area contributed by atoms with E-state index in [2.05, 4.69) is 134 Å². The van der Waals surface area contributed by atoms with Gasteiger partial charge in [-0.3, -0.25) is 0 Å². The zero-order valence-electron chi connectivity index (χ0n) is 20.4. The van der Waals surface area contributed by atoms with Crippen LogP contribution in [0.15, 0.2) is 73.1 Å². The van der Waals surface area contributed by atoms with Gasteiger partial charge in [0.2, 0.25) is 0 Å². The fourth-order valence-electron chi connectivity index (χ4n) is 4.84. The third kappa shape index (κ3) is 5.85. The van der Waals surface area contributed by atoms with Crippen molar-refractivity contribution in [2.45, 2.75) is 39.8 Å². The number of nitrogens with zero attached hydrogens (tertiary/aromatic N) is 2. The Kier molecular flexibility index (Phi) is 8.76. The molecule has 2 atom stereocenters. The first-order valence-corrected chi connectivity index (χ1v) is 17.9. The Bertz CT molecular complexity index is 1260. The van der Waals surface area contributed by atoms with E-state index in [-0.39, 0.29) is 12.1 Å². The molecule has 0 N–H and O–H groups in total. The first-order valence-electron chi connectivity index (χ1n) is 11.6. The molecule has 35 heavy (non-hydrogen) atoms. The van der Waals surface area contributed by atoms with Crippen LogP contribution in [0.5, 0.6) is 0 Å². The summed E-state index contributed by atoms with van der Waals surface area (Å²) in [6, 6.07) is 21.9. The monoisotopic (exact) mass is 576 g/mol. The van der Waals surface area contributed by atoms with Crippen LogP contribution in [-0.2, 0) is 20.8 Å². The summed E-state index contributed by atoms with van der Waals surface area (Å²) in [5, 5.41) is 0. The molecule has 0 aliphatic heterocycles. The maximum atomic E-state index is 4.93. The molecule has 0 saturated carbocycles. The molecule has 2 aliphatic rings. The summed E-state index contributed by atoms with van der Waals surface area (Å²) in [7, 11) is 9.87. The van der Waals surface area contributed by atoms with Crippen molar-refractivity contribution in [1.29, 1.82) is 0 Å². The molecule has 0 spiro atoms. The van der Waals surface area contributed by atoms with Crippen molar-refractivity contribution in [2.24, 2.45) is 0 Å². The van der Waals surface area contributed by atoms with E-state index in [4.69, 9.17) is 17.0 Å². The summed E-state index contributed by atoms with van der Waals surface area (Å²) >= 11 is -0.826. The van der Waals surface area contributed by atoms with Crippen molar-refractivity contribution in [2.75, 3.05) is 0 Å². The number of aryl methyl sites for hydroxylation is 4. The molecule has 2 heterocycles. The molecule has 0 bridgehead atoms. The van der Waals surface area contributed by atoms with Crippen molar-refractivity contribution in [1.82, 2.24) is 9.13 Å². The van der Waals surface area contributed by atoms with Crippen LogP contribution in [0, 0.1) is 39.8 Å². The van der Waals surface area contributed by atoms with Gasteiger partial charge in [0.1, 0.15) is 0 Å². The van der Waals surface area contributed by atoms with Crippen molar-refractivity contribution in [3.05, 3.63) is 130 Å². The van der Waals surface area contributed by atoms with Crippen molar-refractivity contribution in [3.8, 4) is 0 Å². The molecule has 0 fully saturated rings. The molecule has 0 amide bonds. The number of fused-ring (bicyclic) bond motifs is 2. The van der Waals surface area contributed by atoms with Crippen molar-refractivity contribution < 1.29 is 20.8 Å². The van der Waals surface area contributed by atoms with Gasteiger partial charge >= 0.3 is 37.9 Å². The maximum absolute atomic E-state index is 4.93. The number of halogens is 2. The van der Waals surface area contributed by atoms with Gasteiger partial charge in [0, 0.05) is 23.8 Å². The number of hydrogen-bond acceptors (Lipinski definition) is 0. The van der Waals surface area contributed by atoms with Crippen molar-refractivity contribution in [3.63, 3.8) is 0 Å². The van der Waals surface area contributed by atoms with Gasteiger partial charge in [-0.25, -0.2) is 24.3 Å². The summed E-state index contributed by atoms with van der Waals surface area (Å²) in [6.07, 6.45) is 15.4. The van der Waals surface area contributed by atoms with Crippen LogP contribution in [0.4, 0.5) is 0 Å². The van der Waals surface area contributed by atoms with Crippen LogP contribution in [0.1, 0.15) is 56.9 Å². The minimum atomic E-state index is -0.826. The minimum absolute atomic E-state index is 0.255. The average molecular weight is 579 g/mol. The Hall–Kier alpha value is -2.06. The van der Waals surface area contributed by atoms with Gasteiger partial charge in [0.05, 0.1) is 0 Å². The first kappa shape index (κ1) is 26.0. The molecular weight excluding hydrogens is 550 g/mol. The predicted octanol–water partition coefficient (Wildman–Crippen LogP) is 8.43. The number of allylic oxidation sites excluding steroid dienone is 2. The molecule has 0 radical (unpaired) electrons. The van der Waals surface area contributed by atoms with Crippen LogP contribution in [0.25, 0.3) is 12.2 Å². The van der Waals surface area contributed by atoms with E-state index in [0.717, 1.165) is 0 Å². The summed E-state index contributed by atoms with van der Waals surface area (Å²) in [4.78, 5) is 0. The van der Waals surface area contributed by atoms with Crippen LogP contribution in [-0.4, -0.2) is 9.13 Å². The van der Waals surface area contributed by atoms with E-state index >= 15 is 0 Å². The Morgan fingerprint density at radius 1 is 0.657 bits per heavy atom. The number of rotatable bonds is 2. The number of hydrogen-bond donors (Lipinski definition) is 0. The van der Waals surface area contributed by atoms with E-state index in [1.54, 1.807) is 0 Å². The van der Waals surface area contributed by atoms with Gasteiger partial charge in [-0.2, -0.15) is 11.1 Å². The standard InChI is InChI=1S/2C15H14N.2ClH.Zr/c2*1-11-9-12(2)16(10-11)15-8-7-13-5-3-4-6-14(13)15;;;/h2*3-7,9-10,15H,1-2H3;2*1H;/q2*-1;;;+4/p-2. The van der Waals surface area contributed by atoms with Gasteiger partial charge < -0.3 is 9.13 Å². The van der Waals surface area contributed by atoms with Crippen LogP contribution >= 0.6 is 17.0 Å². The van der Waals surface area contributed by atoms with Gasteiger partial charge in [-0.15, -0.1) is 23.3 Å². The zero-order valence-corrected chi connectivity index (χ0v) is 24.4. The average Bonchev–Trinajstić information content (AvgIpc) is 3.60. The Balaban J connectivity index is 0.000000149. The second-order valence-electron chi connectivity index (χ2n) is 8.89. The molecule has 6 rings (SSSR count). The molecule has 2 unspecified atom stereocenters. The third-order valence-corrected chi connectivity index (χ3v) is 6.30. The number of benzene rings is 2. The van der Waals surface area contributed by atoms with Gasteiger partial charge in [-0.1, -0.05) is 36.4 Å². The predicted molar refractivity (Wildman–Crippen MR) is 144 cm³/mol. The second-order valence-corrected chi connectivity index (χ2v) is 12.6.